The van der Waals surface area contributed by atoms with Crippen molar-refractivity contribution in [3.8, 4) is 0 Å². The second kappa shape index (κ2) is 5.36. The molecule has 18 heavy (non-hydrogen) atoms. The Morgan fingerprint density at radius 2 is 1.89 bits per heavy atom. The van der Waals surface area contributed by atoms with Gasteiger partial charge in [0.25, 0.3) is 0 Å². The van der Waals surface area contributed by atoms with E-state index < -0.39 is 0 Å². The molecule has 0 aromatic heterocycles. The van der Waals surface area contributed by atoms with Crippen molar-refractivity contribution in [2.75, 3.05) is 4.90 Å². The number of halogens is 1. The molecule has 0 unspecified atom stereocenters. The van der Waals surface area contributed by atoms with Crippen LogP contribution in [0.15, 0.2) is 36.0 Å². The van der Waals surface area contributed by atoms with Gasteiger partial charge in [-0.3, -0.25) is 14.5 Å². The fourth-order valence-corrected chi connectivity index (χ4v) is 2.22. The van der Waals surface area contributed by atoms with Gasteiger partial charge in [0, 0.05) is 35.8 Å². The van der Waals surface area contributed by atoms with Crippen LogP contribution in [-0.4, -0.2) is 11.7 Å². The average Bonchev–Trinajstić information content (AvgIpc) is 2.32. The van der Waals surface area contributed by atoms with Crippen molar-refractivity contribution in [1.29, 1.82) is 0 Å². The normalized spacial score (nSPS) is 15.2. The zero-order chi connectivity index (χ0) is 13.1. The van der Waals surface area contributed by atoms with Gasteiger partial charge in [-0.25, -0.2) is 0 Å². The highest BCUT2D eigenvalue weighted by atomic mass is 35.5. The molecule has 4 heteroatoms. The van der Waals surface area contributed by atoms with Gasteiger partial charge in [0.15, 0.2) is 5.78 Å². The number of amides is 1. The molecule has 0 bridgehead atoms. The fraction of sp³-hybridized carbons (Fsp3) is 0.286. The second-order valence-corrected chi connectivity index (χ2v) is 4.72. The molecule has 0 saturated carbocycles. The van der Waals surface area contributed by atoms with Crippen molar-refractivity contribution in [3.63, 3.8) is 0 Å². The Morgan fingerprint density at radius 1 is 1.22 bits per heavy atom. The minimum absolute atomic E-state index is 0.0801. The van der Waals surface area contributed by atoms with Gasteiger partial charge >= 0.3 is 0 Å². The molecule has 0 atom stereocenters. The van der Waals surface area contributed by atoms with Gasteiger partial charge in [-0.15, -0.1) is 0 Å². The Balaban J connectivity index is 2.37. The molecule has 0 N–H and O–H groups in total. The van der Waals surface area contributed by atoms with E-state index in [1.54, 1.807) is 35.2 Å². The quantitative estimate of drug-likeness (QED) is 0.821. The Kier molecular flexibility index (Phi) is 3.82. The number of hydrogen-bond donors (Lipinski definition) is 0. The lowest BCUT2D eigenvalue weighted by Crippen LogP contribution is -2.29. The second-order valence-electron chi connectivity index (χ2n) is 4.29. The molecular formula is C14H14ClNO2. The number of anilines is 1. The predicted molar refractivity (Wildman–Crippen MR) is 71.6 cm³/mol. The van der Waals surface area contributed by atoms with Crippen LogP contribution >= 0.6 is 11.6 Å². The number of hydrogen-bond acceptors (Lipinski definition) is 2. The summed E-state index contributed by atoms with van der Waals surface area (Å²) in [5.41, 5.74) is 1.51. The van der Waals surface area contributed by atoms with Crippen LogP contribution < -0.4 is 4.90 Å². The summed E-state index contributed by atoms with van der Waals surface area (Å²) < 4.78 is 0. The SMILES string of the molecule is CC(=O)N(C1=CC(=O)CCC1)c1ccc(Cl)cc1. The van der Waals surface area contributed by atoms with E-state index in [2.05, 4.69) is 0 Å². The molecule has 0 saturated heterocycles. The fourth-order valence-electron chi connectivity index (χ4n) is 2.09. The van der Waals surface area contributed by atoms with Gasteiger partial charge in [-0.05, 0) is 37.1 Å². The molecule has 1 amide bonds. The first kappa shape index (κ1) is 12.8. The standard InChI is InChI=1S/C14H14ClNO2/c1-10(17)16(12-7-5-11(15)6-8-12)13-3-2-4-14(18)9-13/h5-9H,2-4H2,1H3. The molecule has 94 valence electrons. The maximum Gasteiger partial charge on any atom is 0.228 e. The number of benzene rings is 1. The van der Waals surface area contributed by atoms with Gasteiger partial charge in [0.05, 0.1) is 0 Å². The minimum atomic E-state index is -0.0988. The first-order valence-electron chi connectivity index (χ1n) is 5.87. The number of rotatable bonds is 2. The first-order chi connectivity index (χ1) is 8.58. The summed E-state index contributed by atoms with van der Waals surface area (Å²) in [4.78, 5) is 24.8. The molecule has 2 rings (SSSR count). The zero-order valence-electron chi connectivity index (χ0n) is 10.1. The van der Waals surface area contributed by atoms with E-state index in [0.717, 1.165) is 24.2 Å². The lowest BCUT2D eigenvalue weighted by atomic mass is 10.0. The highest BCUT2D eigenvalue weighted by molar-refractivity contribution is 6.30. The van der Waals surface area contributed by atoms with Crippen molar-refractivity contribution >= 4 is 29.0 Å². The van der Waals surface area contributed by atoms with Gasteiger partial charge in [0.2, 0.25) is 5.91 Å². The van der Waals surface area contributed by atoms with Gasteiger partial charge < -0.3 is 0 Å². The lowest BCUT2D eigenvalue weighted by molar-refractivity contribution is -0.116. The molecule has 0 radical (unpaired) electrons. The van der Waals surface area contributed by atoms with E-state index >= 15 is 0 Å². The van der Waals surface area contributed by atoms with Crippen molar-refractivity contribution in [3.05, 3.63) is 41.1 Å². The summed E-state index contributed by atoms with van der Waals surface area (Å²) >= 11 is 5.83. The van der Waals surface area contributed by atoms with Gasteiger partial charge in [-0.2, -0.15) is 0 Å². The third-order valence-electron chi connectivity index (χ3n) is 2.87. The Morgan fingerprint density at radius 3 is 2.44 bits per heavy atom. The third-order valence-corrected chi connectivity index (χ3v) is 3.12. The average molecular weight is 264 g/mol. The summed E-state index contributed by atoms with van der Waals surface area (Å²) in [7, 11) is 0. The molecule has 0 heterocycles. The number of nitrogens with zero attached hydrogens (tertiary/aromatic N) is 1. The Bertz CT molecular complexity index is 505. The van der Waals surface area contributed by atoms with Crippen LogP contribution in [0.1, 0.15) is 26.2 Å². The molecule has 1 aliphatic rings. The van der Waals surface area contributed by atoms with Crippen molar-refractivity contribution < 1.29 is 9.59 Å². The van der Waals surface area contributed by atoms with Crippen LogP contribution in [0.5, 0.6) is 0 Å². The zero-order valence-corrected chi connectivity index (χ0v) is 10.9. The maximum absolute atomic E-state index is 11.8. The number of carbonyl (C=O) groups is 2. The van der Waals surface area contributed by atoms with Gasteiger partial charge in [0.1, 0.15) is 0 Å². The van der Waals surface area contributed by atoms with Crippen LogP contribution in [0.25, 0.3) is 0 Å². The van der Waals surface area contributed by atoms with E-state index in [4.69, 9.17) is 11.6 Å². The molecule has 3 nitrogen and oxygen atoms in total. The molecule has 1 aromatic rings. The van der Waals surface area contributed by atoms with Crippen LogP contribution in [-0.2, 0) is 9.59 Å². The van der Waals surface area contributed by atoms with E-state index in [1.807, 2.05) is 0 Å². The van der Waals surface area contributed by atoms with Crippen LogP contribution in [0, 0.1) is 0 Å². The van der Waals surface area contributed by atoms with Crippen LogP contribution in [0.2, 0.25) is 5.02 Å². The van der Waals surface area contributed by atoms with E-state index in [-0.39, 0.29) is 11.7 Å². The van der Waals surface area contributed by atoms with Crippen LogP contribution in [0.4, 0.5) is 5.69 Å². The topological polar surface area (TPSA) is 37.4 Å². The number of carbonyl (C=O) groups excluding carboxylic acids is 2. The smallest absolute Gasteiger partial charge is 0.228 e. The number of ketones is 1. The lowest BCUT2D eigenvalue weighted by Gasteiger charge is -2.26. The molecule has 0 spiro atoms. The summed E-state index contributed by atoms with van der Waals surface area (Å²) in [6.07, 6.45) is 3.67. The van der Waals surface area contributed by atoms with E-state index in [9.17, 15) is 9.59 Å². The van der Waals surface area contributed by atoms with Gasteiger partial charge in [-0.1, -0.05) is 11.6 Å². The van der Waals surface area contributed by atoms with E-state index in [0.29, 0.717) is 11.4 Å². The van der Waals surface area contributed by atoms with Crippen molar-refractivity contribution in [1.82, 2.24) is 0 Å². The largest absolute Gasteiger partial charge is 0.295 e. The Labute approximate surface area is 111 Å². The molecule has 0 aliphatic heterocycles. The molecule has 1 aromatic carbocycles. The number of allylic oxidation sites excluding steroid dienone is 2. The first-order valence-corrected chi connectivity index (χ1v) is 6.25. The summed E-state index contributed by atoms with van der Waals surface area (Å²) in [5, 5.41) is 0.621. The summed E-state index contributed by atoms with van der Waals surface area (Å²) in [5.74, 6) is -0.0188. The van der Waals surface area contributed by atoms with Crippen molar-refractivity contribution in [2.45, 2.75) is 26.2 Å². The molecule has 0 fully saturated rings. The molecular weight excluding hydrogens is 250 g/mol. The Hall–Kier alpha value is -1.61. The summed E-state index contributed by atoms with van der Waals surface area (Å²) in [6.45, 7) is 1.49. The minimum Gasteiger partial charge on any atom is -0.295 e. The molecule has 1 aliphatic carbocycles. The monoisotopic (exact) mass is 263 g/mol. The van der Waals surface area contributed by atoms with Crippen molar-refractivity contribution in [2.24, 2.45) is 0 Å². The van der Waals surface area contributed by atoms with Crippen LogP contribution in [0.3, 0.4) is 0 Å². The predicted octanol–water partition coefficient (Wildman–Crippen LogP) is 3.33. The summed E-state index contributed by atoms with van der Waals surface area (Å²) in [6, 6.07) is 7.03. The highest BCUT2D eigenvalue weighted by Gasteiger charge is 2.20. The highest BCUT2D eigenvalue weighted by Crippen LogP contribution is 2.26. The third kappa shape index (κ3) is 2.79. The van der Waals surface area contributed by atoms with E-state index in [1.165, 1.54) is 6.92 Å². The maximum atomic E-state index is 11.8.